The van der Waals surface area contributed by atoms with Crippen LogP contribution in [-0.2, 0) is 0 Å². The second-order valence-electron chi connectivity index (χ2n) is 7.90. The summed E-state index contributed by atoms with van der Waals surface area (Å²) in [4.78, 5) is 14.2. The Morgan fingerprint density at radius 3 is 2.32 bits per heavy atom. The molecule has 4 heteroatoms. The SMILES string of the molecule is c1c(C2CCCCC2)ncc2c1ncc1ncn(C3CCCCC3)c12. The van der Waals surface area contributed by atoms with Gasteiger partial charge in [-0.1, -0.05) is 38.5 Å². The molecule has 0 spiro atoms. The topological polar surface area (TPSA) is 43.6 Å². The molecule has 0 N–H and O–H groups in total. The second-order valence-corrected chi connectivity index (χ2v) is 7.90. The van der Waals surface area contributed by atoms with Gasteiger partial charge in [0, 0.05) is 29.2 Å². The Kier molecular flexibility index (Phi) is 3.91. The number of hydrogen-bond acceptors (Lipinski definition) is 3. The Hall–Kier alpha value is -1.97. The first kappa shape index (κ1) is 15.3. The average molecular weight is 334 g/mol. The van der Waals surface area contributed by atoms with E-state index in [-0.39, 0.29) is 0 Å². The lowest BCUT2D eigenvalue weighted by molar-refractivity contribution is 0.360. The fourth-order valence-corrected chi connectivity index (χ4v) is 4.89. The summed E-state index contributed by atoms with van der Waals surface area (Å²) < 4.78 is 2.40. The Labute approximate surface area is 148 Å². The number of nitrogens with zero attached hydrogens (tertiary/aromatic N) is 4. The van der Waals surface area contributed by atoms with Crippen molar-refractivity contribution in [1.29, 1.82) is 0 Å². The lowest BCUT2D eigenvalue weighted by atomic mass is 9.86. The van der Waals surface area contributed by atoms with Crippen LogP contribution >= 0.6 is 0 Å². The molecule has 0 amide bonds. The Bertz CT molecular complexity index is 885. The molecule has 0 aromatic carbocycles. The fourth-order valence-electron chi connectivity index (χ4n) is 4.89. The fraction of sp³-hybridized carbons (Fsp3) is 0.571. The van der Waals surface area contributed by atoms with Gasteiger partial charge in [-0.3, -0.25) is 9.97 Å². The summed E-state index contributed by atoms with van der Waals surface area (Å²) in [6.07, 6.45) is 19.2. The molecular formula is C21H26N4. The summed E-state index contributed by atoms with van der Waals surface area (Å²) in [6.45, 7) is 0. The van der Waals surface area contributed by atoms with Crippen LogP contribution in [0.2, 0.25) is 0 Å². The Balaban J connectivity index is 1.60. The molecule has 3 aromatic rings. The molecule has 2 saturated carbocycles. The lowest BCUT2D eigenvalue weighted by Gasteiger charge is -2.24. The number of rotatable bonds is 2. The van der Waals surface area contributed by atoms with Crippen LogP contribution in [0.3, 0.4) is 0 Å². The van der Waals surface area contributed by atoms with Gasteiger partial charge in [0.1, 0.15) is 5.52 Å². The van der Waals surface area contributed by atoms with Crippen molar-refractivity contribution >= 4 is 21.9 Å². The normalized spacial score (nSPS) is 20.5. The molecule has 4 nitrogen and oxygen atoms in total. The highest BCUT2D eigenvalue weighted by atomic mass is 15.1. The molecule has 0 atom stereocenters. The maximum absolute atomic E-state index is 4.87. The van der Waals surface area contributed by atoms with Crippen LogP contribution < -0.4 is 0 Å². The van der Waals surface area contributed by atoms with Crippen molar-refractivity contribution in [2.75, 3.05) is 0 Å². The molecule has 0 radical (unpaired) electrons. The summed E-state index contributed by atoms with van der Waals surface area (Å²) >= 11 is 0. The van der Waals surface area contributed by atoms with Crippen molar-refractivity contribution in [3.63, 3.8) is 0 Å². The quantitative estimate of drug-likeness (QED) is 0.618. The van der Waals surface area contributed by atoms with E-state index in [1.165, 1.54) is 80.8 Å². The van der Waals surface area contributed by atoms with E-state index >= 15 is 0 Å². The number of aromatic nitrogens is 4. The smallest absolute Gasteiger partial charge is 0.107 e. The third kappa shape index (κ3) is 2.72. The largest absolute Gasteiger partial charge is 0.327 e. The van der Waals surface area contributed by atoms with E-state index in [0.29, 0.717) is 12.0 Å². The molecule has 0 saturated heterocycles. The molecule has 5 rings (SSSR count). The van der Waals surface area contributed by atoms with Crippen LogP contribution in [-0.4, -0.2) is 19.5 Å². The number of fused-ring (bicyclic) bond motifs is 3. The van der Waals surface area contributed by atoms with Crippen molar-refractivity contribution in [3.8, 4) is 0 Å². The lowest BCUT2D eigenvalue weighted by Crippen LogP contribution is -2.12. The summed E-state index contributed by atoms with van der Waals surface area (Å²) in [5, 5.41) is 1.17. The Morgan fingerprint density at radius 1 is 0.760 bits per heavy atom. The molecule has 0 bridgehead atoms. The molecule has 2 aliphatic carbocycles. The van der Waals surface area contributed by atoms with E-state index in [1.807, 2.05) is 12.5 Å². The maximum Gasteiger partial charge on any atom is 0.107 e. The van der Waals surface area contributed by atoms with Gasteiger partial charge in [-0.2, -0.15) is 0 Å². The van der Waals surface area contributed by atoms with Crippen LogP contribution in [0.4, 0.5) is 0 Å². The van der Waals surface area contributed by atoms with Gasteiger partial charge < -0.3 is 4.57 Å². The highest BCUT2D eigenvalue weighted by Gasteiger charge is 2.21. The second kappa shape index (κ2) is 6.40. The first-order chi connectivity index (χ1) is 12.4. The highest BCUT2D eigenvalue weighted by molar-refractivity contribution is 6.01. The molecule has 25 heavy (non-hydrogen) atoms. The maximum atomic E-state index is 4.87. The summed E-state index contributed by atoms with van der Waals surface area (Å²) in [5.41, 5.74) is 4.56. The van der Waals surface area contributed by atoms with Crippen molar-refractivity contribution in [2.45, 2.75) is 76.2 Å². The van der Waals surface area contributed by atoms with Crippen LogP contribution in [0, 0.1) is 0 Å². The van der Waals surface area contributed by atoms with Crippen molar-refractivity contribution in [1.82, 2.24) is 19.5 Å². The molecule has 0 aliphatic heterocycles. The molecule has 3 aromatic heterocycles. The minimum atomic E-state index is 0.586. The van der Waals surface area contributed by atoms with Gasteiger partial charge >= 0.3 is 0 Å². The van der Waals surface area contributed by atoms with Gasteiger partial charge in [0.25, 0.3) is 0 Å². The van der Waals surface area contributed by atoms with Crippen LogP contribution in [0.5, 0.6) is 0 Å². The summed E-state index contributed by atoms with van der Waals surface area (Å²) in [5.74, 6) is 0.624. The van der Waals surface area contributed by atoms with E-state index in [9.17, 15) is 0 Å². The van der Waals surface area contributed by atoms with Crippen molar-refractivity contribution in [2.24, 2.45) is 0 Å². The van der Waals surface area contributed by atoms with E-state index in [2.05, 4.69) is 21.8 Å². The predicted octanol–water partition coefficient (Wildman–Crippen LogP) is 5.53. The van der Waals surface area contributed by atoms with Crippen molar-refractivity contribution in [3.05, 3.63) is 30.5 Å². The number of imidazole rings is 1. The zero-order chi connectivity index (χ0) is 16.6. The van der Waals surface area contributed by atoms with Gasteiger partial charge in [0.2, 0.25) is 0 Å². The van der Waals surface area contributed by atoms with Gasteiger partial charge in [0.05, 0.1) is 23.6 Å². The van der Waals surface area contributed by atoms with E-state index in [1.54, 1.807) is 0 Å². The van der Waals surface area contributed by atoms with Crippen LogP contribution in [0.1, 0.15) is 81.9 Å². The standard InChI is InChI=1S/C21H26N4/c1-3-7-15(8-4-1)18-11-19-17(12-22-18)21-20(13-23-19)24-14-25(21)16-9-5-2-6-10-16/h11-16H,1-10H2. The summed E-state index contributed by atoms with van der Waals surface area (Å²) in [6, 6.07) is 2.82. The molecule has 2 aliphatic rings. The van der Waals surface area contributed by atoms with Gasteiger partial charge in [-0.15, -0.1) is 0 Å². The highest BCUT2D eigenvalue weighted by Crippen LogP contribution is 2.35. The van der Waals surface area contributed by atoms with E-state index in [4.69, 9.17) is 9.97 Å². The van der Waals surface area contributed by atoms with E-state index in [0.717, 1.165) is 11.0 Å². The third-order valence-electron chi connectivity index (χ3n) is 6.30. The zero-order valence-corrected chi connectivity index (χ0v) is 14.8. The molecular weight excluding hydrogens is 308 g/mol. The Morgan fingerprint density at radius 2 is 1.52 bits per heavy atom. The molecule has 130 valence electrons. The van der Waals surface area contributed by atoms with Gasteiger partial charge in [-0.25, -0.2) is 4.98 Å². The first-order valence-corrected chi connectivity index (χ1v) is 10.0. The van der Waals surface area contributed by atoms with E-state index < -0.39 is 0 Å². The molecule has 0 unspecified atom stereocenters. The monoisotopic (exact) mass is 334 g/mol. The predicted molar refractivity (Wildman–Crippen MR) is 101 cm³/mol. The zero-order valence-electron chi connectivity index (χ0n) is 14.8. The first-order valence-electron chi connectivity index (χ1n) is 10.0. The molecule has 2 fully saturated rings. The van der Waals surface area contributed by atoms with Crippen LogP contribution in [0.15, 0.2) is 24.8 Å². The third-order valence-corrected chi connectivity index (χ3v) is 6.30. The minimum absolute atomic E-state index is 0.586. The number of hydrogen-bond donors (Lipinski definition) is 0. The average Bonchev–Trinajstić information content (AvgIpc) is 3.13. The minimum Gasteiger partial charge on any atom is -0.327 e. The number of pyridine rings is 2. The van der Waals surface area contributed by atoms with Crippen molar-refractivity contribution < 1.29 is 0 Å². The van der Waals surface area contributed by atoms with Gasteiger partial charge in [0.15, 0.2) is 0 Å². The molecule has 3 heterocycles. The summed E-state index contributed by atoms with van der Waals surface area (Å²) in [7, 11) is 0. The van der Waals surface area contributed by atoms with Crippen LogP contribution in [0.25, 0.3) is 21.9 Å². The van der Waals surface area contributed by atoms with Gasteiger partial charge in [-0.05, 0) is 31.7 Å².